The summed E-state index contributed by atoms with van der Waals surface area (Å²) in [6, 6.07) is 21.1. The second kappa shape index (κ2) is 6.34. The van der Waals surface area contributed by atoms with E-state index >= 15 is 0 Å². The van der Waals surface area contributed by atoms with Gasteiger partial charge in [-0.1, -0.05) is 42.0 Å². The topological polar surface area (TPSA) is 43.8 Å². The third kappa shape index (κ3) is 2.97. The van der Waals surface area contributed by atoms with Gasteiger partial charge in [-0.2, -0.15) is 0 Å². The summed E-state index contributed by atoms with van der Waals surface area (Å²) >= 11 is 0. The molecule has 130 valence electrons. The molecule has 1 heterocycles. The predicted molar refractivity (Wildman–Crippen MR) is 109 cm³/mol. The molecule has 3 aromatic carbocycles. The Kier molecular flexibility index (Phi) is 4.00. The van der Waals surface area contributed by atoms with Gasteiger partial charge in [-0.3, -0.25) is 0 Å². The van der Waals surface area contributed by atoms with Gasteiger partial charge in [0.1, 0.15) is 5.82 Å². The van der Waals surface area contributed by atoms with Crippen molar-refractivity contribution in [1.29, 1.82) is 0 Å². The van der Waals surface area contributed by atoms with Crippen LogP contribution in [0.15, 0.2) is 60.7 Å². The summed E-state index contributed by atoms with van der Waals surface area (Å²) in [6.45, 7) is 7.18. The van der Waals surface area contributed by atoms with Crippen LogP contribution in [0.1, 0.15) is 22.3 Å². The van der Waals surface area contributed by atoms with E-state index in [0.717, 1.165) is 34.7 Å². The Labute approximate surface area is 154 Å². The van der Waals surface area contributed by atoms with Gasteiger partial charge in [0.25, 0.3) is 0 Å². The van der Waals surface area contributed by atoms with Crippen molar-refractivity contribution in [1.82, 2.24) is 9.55 Å². The number of hydrogen-bond donors (Lipinski definition) is 1. The molecule has 0 atom stereocenters. The van der Waals surface area contributed by atoms with E-state index in [1.807, 2.05) is 18.2 Å². The number of nitrogens with two attached hydrogens (primary N) is 1. The third-order valence-corrected chi connectivity index (χ3v) is 4.97. The van der Waals surface area contributed by atoms with Gasteiger partial charge in [0.05, 0.1) is 11.0 Å². The summed E-state index contributed by atoms with van der Waals surface area (Å²) in [7, 11) is 0. The Morgan fingerprint density at radius 2 is 1.62 bits per heavy atom. The molecule has 0 fully saturated rings. The lowest BCUT2D eigenvalue weighted by Gasteiger charge is -2.11. The predicted octanol–water partition coefficient (Wildman–Crippen LogP) is 5.26. The molecule has 26 heavy (non-hydrogen) atoms. The van der Waals surface area contributed by atoms with Crippen LogP contribution in [-0.2, 0) is 6.54 Å². The molecule has 0 spiro atoms. The minimum Gasteiger partial charge on any atom is -0.399 e. The first-order chi connectivity index (χ1) is 12.5. The van der Waals surface area contributed by atoms with E-state index in [9.17, 15) is 0 Å². The lowest BCUT2D eigenvalue weighted by atomic mass is 10.1. The third-order valence-electron chi connectivity index (χ3n) is 4.97. The van der Waals surface area contributed by atoms with Crippen molar-refractivity contribution < 1.29 is 0 Å². The van der Waals surface area contributed by atoms with Gasteiger partial charge in [0, 0.05) is 17.8 Å². The summed E-state index contributed by atoms with van der Waals surface area (Å²) < 4.78 is 2.29. The van der Waals surface area contributed by atoms with Crippen molar-refractivity contribution in [2.75, 3.05) is 5.73 Å². The van der Waals surface area contributed by atoms with Crippen LogP contribution < -0.4 is 5.73 Å². The number of nitrogens with zero attached hydrogens (tertiary/aromatic N) is 2. The van der Waals surface area contributed by atoms with Crippen LogP contribution in [0.4, 0.5) is 5.69 Å². The molecule has 0 aliphatic heterocycles. The van der Waals surface area contributed by atoms with Crippen molar-refractivity contribution in [3.8, 4) is 11.4 Å². The SMILES string of the molecule is Cc1ccc(Cn2c(-c3cccc(N)c3)nc3cc(C)c(C)cc32)cc1. The summed E-state index contributed by atoms with van der Waals surface area (Å²) in [6.07, 6.45) is 0. The van der Waals surface area contributed by atoms with Crippen LogP contribution in [-0.4, -0.2) is 9.55 Å². The maximum Gasteiger partial charge on any atom is 0.141 e. The van der Waals surface area contributed by atoms with Crippen molar-refractivity contribution in [3.63, 3.8) is 0 Å². The largest absolute Gasteiger partial charge is 0.399 e. The number of fused-ring (bicyclic) bond motifs is 1. The lowest BCUT2D eigenvalue weighted by molar-refractivity contribution is 0.833. The van der Waals surface area contributed by atoms with Crippen molar-refractivity contribution >= 4 is 16.7 Å². The monoisotopic (exact) mass is 341 g/mol. The minimum absolute atomic E-state index is 0.754. The maximum atomic E-state index is 6.02. The zero-order valence-corrected chi connectivity index (χ0v) is 15.5. The highest BCUT2D eigenvalue weighted by molar-refractivity contribution is 5.82. The van der Waals surface area contributed by atoms with Gasteiger partial charge in [-0.25, -0.2) is 4.98 Å². The first-order valence-corrected chi connectivity index (χ1v) is 8.90. The van der Waals surface area contributed by atoms with Crippen LogP contribution in [0, 0.1) is 20.8 Å². The normalized spacial score (nSPS) is 11.2. The number of aryl methyl sites for hydroxylation is 3. The second-order valence-electron chi connectivity index (χ2n) is 7.06. The number of hydrogen-bond acceptors (Lipinski definition) is 2. The highest BCUT2D eigenvalue weighted by atomic mass is 15.1. The quantitative estimate of drug-likeness (QED) is 0.517. The molecule has 2 N–H and O–H groups in total. The van der Waals surface area contributed by atoms with E-state index < -0.39 is 0 Å². The molecule has 0 bridgehead atoms. The van der Waals surface area contributed by atoms with Gasteiger partial charge < -0.3 is 10.3 Å². The summed E-state index contributed by atoms with van der Waals surface area (Å²) in [5, 5.41) is 0. The van der Waals surface area contributed by atoms with E-state index in [4.69, 9.17) is 10.7 Å². The zero-order valence-electron chi connectivity index (χ0n) is 15.5. The fraction of sp³-hybridized carbons (Fsp3) is 0.174. The zero-order chi connectivity index (χ0) is 18.3. The van der Waals surface area contributed by atoms with E-state index in [-0.39, 0.29) is 0 Å². The fourth-order valence-corrected chi connectivity index (χ4v) is 3.31. The molecule has 0 amide bonds. The number of rotatable bonds is 3. The molecule has 0 saturated heterocycles. The number of imidazole rings is 1. The van der Waals surface area contributed by atoms with E-state index in [1.54, 1.807) is 0 Å². The first-order valence-electron chi connectivity index (χ1n) is 8.90. The number of benzene rings is 3. The molecule has 3 nitrogen and oxygen atoms in total. The van der Waals surface area contributed by atoms with E-state index in [2.05, 4.69) is 67.8 Å². The van der Waals surface area contributed by atoms with E-state index in [0.29, 0.717) is 0 Å². The Hall–Kier alpha value is -3.07. The van der Waals surface area contributed by atoms with Crippen LogP contribution in [0.3, 0.4) is 0 Å². The Balaban J connectivity index is 1.93. The van der Waals surface area contributed by atoms with Crippen LogP contribution in [0.25, 0.3) is 22.4 Å². The molecular weight excluding hydrogens is 318 g/mol. The minimum atomic E-state index is 0.754. The Morgan fingerprint density at radius 3 is 2.35 bits per heavy atom. The van der Waals surface area contributed by atoms with Crippen molar-refractivity contribution in [2.24, 2.45) is 0 Å². The molecule has 4 rings (SSSR count). The molecule has 0 aliphatic rings. The molecule has 3 heteroatoms. The Morgan fingerprint density at radius 1 is 0.885 bits per heavy atom. The first kappa shape index (κ1) is 16.4. The lowest BCUT2D eigenvalue weighted by Crippen LogP contribution is -2.03. The standard InChI is InChI=1S/C23H23N3/c1-15-7-9-18(10-8-15)14-26-22-12-17(3)16(2)11-21(22)25-23(26)19-5-4-6-20(24)13-19/h4-13H,14,24H2,1-3H3. The molecule has 1 aromatic heterocycles. The number of anilines is 1. The Bertz CT molecular complexity index is 1090. The molecule has 0 unspecified atom stereocenters. The van der Waals surface area contributed by atoms with Crippen molar-refractivity contribution in [3.05, 3.63) is 82.9 Å². The van der Waals surface area contributed by atoms with Crippen LogP contribution in [0.2, 0.25) is 0 Å². The highest BCUT2D eigenvalue weighted by Crippen LogP contribution is 2.29. The maximum absolute atomic E-state index is 6.02. The van der Waals surface area contributed by atoms with Gasteiger partial charge in [0.2, 0.25) is 0 Å². The van der Waals surface area contributed by atoms with Gasteiger partial charge in [-0.15, -0.1) is 0 Å². The number of nitrogen functional groups attached to an aromatic ring is 1. The van der Waals surface area contributed by atoms with Crippen LogP contribution >= 0.6 is 0 Å². The van der Waals surface area contributed by atoms with Crippen molar-refractivity contribution in [2.45, 2.75) is 27.3 Å². The molecule has 0 saturated carbocycles. The highest BCUT2D eigenvalue weighted by Gasteiger charge is 2.14. The summed E-state index contributed by atoms with van der Waals surface area (Å²) in [5.41, 5.74) is 15.1. The van der Waals surface area contributed by atoms with E-state index in [1.165, 1.54) is 22.3 Å². The number of aromatic nitrogens is 2. The average Bonchev–Trinajstić information content (AvgIpc) is 2.95. The summed E-state index contributed by atoms with van der Waals surface area (Å²) in [5.74, 6) is 0.956. The summed E-state index contributed by atoms with van der Waals surface area (Å²) in [4.78, 5) is 4.95. The van der Waals surface area contributed by atoms with Gasteiger partial charge in [-0.05, 0) is 61.7 Å². The second-order valence-corrected chi connectivity index (χ2v) is 7.06. The average molecular weight is 341 g/mol. The smallest absolute Gasteiger partial charge is 0.141 e. The van der Waals surface area contributed by atoms with Gasteiger partial charge >= 0.3 is 0 Å². The van der Waals surface area contributed by atoms with Crippen LogP contribution in [0.5, 0.6) is 0 Å². The molecule has 4 aromatic rings. The molecule has 0 radical (unpaired) electrons. The molecule has 0 aliphatic carbocycles. The molecular formula is C23H23N3. The van der Waals surface area contributed by atoms with Gasteiger partial charge in [0.15, 0.2) is 0 Å². The fourth-order valence-electron chi connectivity index (χ4n) is 3.31.